The zero-order valence-electron chi connectivity index (χ0n) is 16.0. The molecule has 0 aliphatic heterocycles. The zero-order chi connectivity index (χ0) is 19.1. The van der Waals surface area contributed by atoms with Crippen LogP contribution in [0.3, 0.4) is 0 Å². The summed E-state index contributed by atoms with van der Waals surface area (Å²) in [5, 5.41) is 0. The van der Waals surface area contributed by atoms with Gasteiger partial charge in [0.1, 0.15) is 0 Å². The SMILES string of the molecule is CCN(Cc1ccncc1)C(=O)C[C@@H](c1ccccc1)c1ccc(C)cc1. The van der Waals surface area contributed by atoms with Gasteiger partial charge in [0.05, 0.1) is 0 Å². The number of amides is 1. The molecule has 0 unspecified atom stereocenters. The normalized spacial score (nSPS) is 11.8. The van der Waals surface area contributed by atoms with E-state index in [9.17, 15) is 4.79 Å². The van der Waals surface area contributed by atoms with Crippen molar-refractivity contribution in [3.63, 3.8) is 0 Å². The quantitative estimate of drug-likeness (QED) is 0.598. The summed E-state index contributed by atoms with van der Waals surface area (Å²) in [6, 6.07) is 22.7. The van der Waals surface area contributed by atoms with E-state index in [1.807, 2.05) is 42.2 Å². The Labute approximate surface area is 161 Å². The predicted octanol–water partition coefficient (Wildman–Crippen LogP) is 4.96. The van der Waals surface area contributed by atoms with Crippen LogP contribution in [0.15, 0.2) is 79.1 Å². The van der Waals surface area contributed by atoms with Gasteiger partial charge < -0.3 is 4.90 Å². The third kappa shape index (κ3) is 5.04. The average molecular weight is 358 g/mol. The molecule has 1 atom stereocenters. The number of carbonyl (C=O) groups excluding carboxylic acids is 1. The Morgan fingerprint density at radius 2 is 1.56 bits per heavy atom. The van der Waals surface area contributed by atoms with Gasteiger partial charge in [-0.1, -0.05) is 60.2 Å². The molecule has 0 aliphatic rings. The molecule has 0 radical (unpaired) electrons. The Morgan fingerprint density at radius 1 is 0.926 bits per heavy atom. The van der Waals surface area contributed by atoms with Gasteiger partial charge in [-0.3, -0.25) is 9.78 Å². The van der Waals surface area contributed by atoms with Crippen molar-refractivity contribution in [3.05, 3.63) is 101 Å². The van der Waals surface area contributed by atoms with E-state index in [0.29, 0.717) is 19.5 Å². The van der Waals surface area contributed by atoms with Gasteiger partial charge in [-0.15, -0.1) is 0 Å². The molecule has 138 valence electrons. The van der Waals surface area contributed by atoms with Crippen molar-refractivity contribution >= 4 is 5.91 Å². The third-order valence-corrected chi connectivity index (χ3v) is 4.92. The minimum Gasteiger partial charge on any atom is -0.339 e. The van der Waals surface area contributed by atoms with Crippen LogP contribution >= 0.6 is 0 Å². The molecule has 0 N–H and O–H groups in total. The van der Waals surface area contributed by atoms with E-state index in [2.05, 4.69) is 48.3 Å². The van der Waals surface area contributed by atoms with Crippen LogP contribution in [0.25, 0.3) is 0 Å². The number of hydrogen-bond donors (Lipinski definition) is 0. The Bertz CT molecular complexity index is 845. The summed E-state index contributed by atoms with van der Waals surface area (Å²) in [5.41, 5.74) is 4.69. The molecule has 1 aromatic heterocycles. The second-order valence-electron chi connectivity index (χ2n) is 6.84. The number of aromatic nitrogens is 1. The average Bonchev–Trinajstić information content (AvgIpc) is 2.72. The maximum atomic E-state index is 13.1. The van der Waals surface area contributed by atoms with Gasteiger partial charge in [0.25, 0.3) is 0 Å². The van der Waals surface area contributed by atoms with Crippen molar-refractivity contribution in [1.29, 1.82) is 0 Å². The maximum absolute atomic E-state index is 13.1. The molecular weight excluding hydrogens is 332 g/mol. The molecule has 1 amide bonds. The summed E-state index contributed by atoms with van der Waals surface area (Å²) in [5.74, 6) is 0.231. The molecule has 0 fully saturated rings. The van der Waals surface area contributed by atoms with Crippen molar-refractivity contribution in [2.45, 2.75) is 32.7 Å². The van der Waals surface area contributed by atoms with Crippen LogP contribution in [-0.2, 0) is 11.3 Å². The van der Waals surface area contributed by atoms with Gasteiger partial charge in [-0.05, 0) is 42.7 Å². The summed E-state index contributed by atoms with van der Waals surface area (Å²) in [6.45, 7) is 5.42. The molecule has 3 rings (SSSR count). The summed E-state index contributed by atoms with van der Waals surface area (Å²) in [6.07, 6.45) is 4.01. The zero-order valence-corrected chi connectivity index (χ0v) is 16.0. The monoisotopic (exact) mass is 358 g/mol. The molecule has 2 aromatic carbocycles. The lowest BCUT2D eigenvalue weighted by molar-refractivity contribution is -0.131. The number of pyridine rings is 1. The third-order valence-electron chi connectivity index (χ3n) is 4.92. The number of hydrogen-bond acceptors (Lipinski definition) is 2. The lowest BCUT2D eigenvalue weighted by atomic mass is 9.87. The summed E-state index contributed by atoms with van der Waals surface area (Å²) >= 11 is 0. The van der Waals surface area contributed by atoms with Crippen molar-refractivity contribution in [2.24, 2.45) is 0 Å². The fraction of sp³-hybridized carbons (Fsp3) is 0.250. The molecule has 0 saturated carbocycles. The minimum atomic E-state index is 0.0609. The van der Waals surface area contributed by atoms with Crippen LogP contribution in [0.4, 0.5) is 0 Å². The van der Waals surface area contributed by atoms with E-state index in [0.717, 1.165) is 5.56 Å². The van der Waals surface area contributed by atoms with Crippen LogP contribution in [0.5, 0.6) is 0 Å². The molecule has 3 aromatic rings. The van der Waals surface area contributed by atoms with E-state index in [1.54, 1.807) is 12.4 Å². The second kappa shape index (κ2) is 9.13. The first kappa shape index (κ1) is 18.8. The standard InChI is InChI=1S/C24H26N2O/c1-3-26(18-20-13-15-25-16-14-20)24(27)17-23(21-7-5-4-6-8-21)22-11-9-19(2)10-12-22/h4-16,23H,3,17-18H2,1-2H3/t23-/m0/s1. The minimum absolute atomic E-state index is 0.0609. The van der Waals surface area contributed by atoms with Gasteiger partial charge in [-0.2, -0.15) is 0 Å². The fourth-order valence-electron chi connectivity index (χ4n) is 3.30. The highest BCUT2D eigenvalue weighted by atomic mass is 16.2. The molecule has 3 nitrogen and oxygen atoms in total. The molecule has 0 aliphatic carbocycles. The molecule has 3 heteroatoms. The number of aryl methyl sites for hydroxylation is 1. The van der Waals surface area contributed by atoms with E-state index < -0.39 is 0 Å². The molecule has 27 heavy (non-hydrogen) atoms. The Kier molecular flexibility index (Phi) is 6.37. The van der Waals surface area contributed by atoms with Crippen LogP contribution in [0.1, 0.15) is 41.5 Å². The molecule has 1 heterocycles. The molecular formula is C24H26N2O. The number of rotatable bonds is 7. The summed E-state index contributed by atoms with van der Waals surface area (Å²) in [7, 11) is 0. The Hall–Kier alpha value is -2.94. The molecule has 0 saturated heterocycles. The first-order valence-electron chi connectivity index (χ1n) is 9.45. The van der Waals surface area contributed by atoms with E-state index in [-0.39, 0.29) is 11.8 Å². The molecule has 0 bridgehead atoms. The topological polar surface area (TPSA) is 33.2 Å². The van der Waals surface area contributed by atoms with Crippen molar-refractivity contribution in [3.8, 4) is 0 Å². The largest absolute Gasteiger partial charge is 0.339 e. The lowest BCUT2D eigenvalue weighted by Crippen LogP contribution is -2.31. The van der Waals surface area contributed by atoms with Crippen molar-refractivity contribution < 1.29 is 4.79 Å². The Morgan fingerprint density at radius 3 is 2.19 bits per heavy atom. The first-order valence-corrected chi connectivity index (χ1v) is 9.45. The highest BCUT2D eigenvalue weighted by Crippen LogP contribution is 2.29. The van der Waals surface area contributed by atoms with Gasteiger partial charge in [0.2, 0.25) is 5.91 Å². The number of benzene rings is 2. The predicted molar refractivity (Wildman–Crippen MR) is 109 cm³/mol. The van der Waals surface area contributed by atoms with Crippen LogP contribution < -0.4 is 0 Å². The maximum Gasteiger partial charge on any atom is 0.223 e. The van der Waals surface area contributed by atoms with E-state index in [4.69, 9.17) is 0 Å². The van der Waals surface area contributed by atoms with Gasteiger partial charge in [0, 0.05) is 37.8 Å². The smallest absolute Gasteiger partial charge is 0.223 e. The van der Waals surface area contributed by atoms with Crippen molar-refractivity contribution in [2.75, 3.05) is 6.54 Å². The van der Waals surface area contributed by atoms with Crippen LogP contribution in [0, 0.1) is 6.92 Å². The first-order chi connectivity index (χ1) is 13.2. The fourth-order valence-corrected chi connectivity index (χ4v) is 3.30. The van der Waals surface area contributed by atoms with Gasteiger partial charge in [0.15, 0.2) is 0 Å². The van der Waals surface area contributed by atoms with Crippen LogP contribution in [-0.4, -0.2) is 22.3 Å². The Balaban J connectivity index is 1.82. The van der Waals surface area contributed by atoms with Crippen molar-refractivity contribution in [1.82, 2.24) is 9.88 Å². The summed E-state index contributed by atoms with van der Waals surface area (Å²) < 4.78 is 0. The lowest BCUT2D eigenvalue weighted by Gasteiger charge is -2.25. The number of nitrogens with zero attached hydrogens (tertiary/aromatic N) is 2. The second-order valence-corrected chi connectivity index (χ2v) is 6.84. The van der Waals surface area contributed by atoms with Crippen LogP contribution in [0.2, 0.25) is 0 Å². The van der Waals surface area contributed by atoms with E-state index >= 15 is 0 Å². The molecule has 0 spiro atoms. The highest BCUT2D eigenvalue weighted by Gasteiger charge is 2.21. The highest BCUT2D eigenvalue weighted by molar-refractivity contribution is 5.77. The number of carbonyl (C=O) groups is 1. The van der Waals surface area contributed by atoms with Gasteiger partial charge in [-0.25, -0.2) is 0 Å². The van der Waals surface area contributed by atoms with E-state index in [1.165, 1.54) is 16.7 Å². The summed E-state index contributed by atoms with van der Waals surface area (Å²) in [4.78, 5) is 19.1. The van der Waals surface area contributed by atoms with Gasteiger partial charge >= 0.3 is 0 Å².